The Morgan fingerprint density at radius 1 is 1.03 bits per heavy atom. The van der Waals surface area contributed by atoms with Crippen LogP contribution >= 0.6 is 50.5 Å². The topological polar surface area (TPSA) is 24.8 Å². The van der Waals surface area contributed by atoms with Crippen molar-refractivity contribution in [3.63, 3.8) is 0 Å². The normalized spacial score (nSPS) is 15.9. The van der Waals surface area contributed by atoms with Gasteiger partial charge in [0.05, 0.1) is 28.6 Å². The summed E-state index contributed by atoms with van der Waals surface area (Å²) in [7, 11) is 0. The molecule has 0 N–H and O–H groups in total. The summed E-state index contributed by atoms with van der Waals surface area (Å²) in [5.41, 5.74) is 1.05. The molecule has 0 bridgehead atoms. The quantitative estimate of drug-likeness (QED) is 0.377. The predicted molar refractivity (Wildman–Crippen MR) is 127 cm³/mol. The molecule has 0 atom stereocenters. The summed E-state index contributed by atoms with van der Waals surface area (Å²) < 4.78 is 7.68. The molecular formula is C22H21BrCl2N2OS. The molecule has 0 spiro atoms. The Morgan fingerprint density at radius 2 is 1.86 bits per heavy atom. The molecule has 3 nitrogen and oxygen atoms in total. The highest BCUT2D eigenvalue weighted by molar-refractivity contribution is 9.10. The van der Waals surface area contributed by atoms with Crippen molar-refractivity contribution in [2.45, 2.75) is 6.42 Å². The first kappa shape index (κ1) is 21.3. The van der Waals surface area contributed by atoms with Crippen LogP contribution in [-0.2, 0) is 4.74 Å². The van der Waals surface area contributed by atoms with E-state index < -0.39 is 0 Å². The SMILES string of the molecule is Clc1ccc(-c2cc(=NCCCN3CCOCC3)c3cc(Br)ccc3s2)cc1Cl. The van der Waals surface area contributed by atoms with E-state index in [1.165, 1.54) is 10.1 Å². The van der Waals surface area contributed by atoms with E-state index in [0.717, 1.165) is 66.1 Å². The predicted octanol–water partition coefficient (Wildman–Crippen LogP) is 6.26. The number of ether oxygens (including phenoxy) is 1. The summed E-state index contributed by atoms with van der Waals surface area (Å²) in [6.07, 6.45) is 1.04. The van der Waals surface area contributed by atoms with Gasteiger partial charge in [0.25, 0.3) is 0 Å². The number of hydrogen-bond donors (Lipinski definition) is 0. The molecule has 0 unspecified atom stereocenters. The zero-order chi connectivity index (χ0) is 20.2. The number of benzene rings is 2. The van der Waals surface area contributed by atoms with Crippen LogP contribution in [0.1, 0.15) is 6.42 Å². The lowest BCUT2D eigenvalue weighted by molar-refractivity contribution is 0.0377. The number of morpholine rings is 1. The second-order valence-corrected chi connectivity index (χ2v) is 9.77. The average Bonchev–Trinajstić information content (AvgIpc) is 2.74. The molecule has 0 saturated carbocycles. The molecule has 1 saturated heterocycles. The van der Waals surface area contributed by atoms with Gasteiger partial charge in [-0.25, -0.2) is 0 Å². The Bertz CT molecular complexity index is 1080. The van der Waals surface area contributed by atoms with E-state index in [2.05, 4.69) is 45.1 Å². The fourth-order valence-corrected chi connectivity index (χ4v) is 5.10. The zero-order valence-corrected chi connectivity index (χ0v) is 19.8. The van der Waals surface area contributed by atoms with E-state index in [1.807, 2.05) is 18.2 Å². The minimum Gasteiger partial charge on any atom is -0.379 e. The highest BCUT2D eigenvalue weighted by Gasteiger charge is 2.10. The van der Waals surface area contributed by atoms with Gasteiger partial charge in [0, 0.05) is 45.6 Å². The Morgan fingerprint density at radius 3 is 2.66 bits per heavy atom. The molecule has 2 aromatic carbocycles. The molecule has 0 aliphatic carbocycles. The lowest BCUT2D eigenvalue weighted by atomic mass is 10.1. The zero-order valence-electron chi connectivity index (χ0n) is 15.8. The molecule has 3 aromatic rings. The number of fused-ring (bicyclic) bond motifs is 1. The molecule has 0 amide bonds. The van der Waals surface area contributed by atoms with Gasteiger partial charge < -0.3 is 4.74 Å². The molecule has 1 aliphatic heterocycles. The maximum Gasteiger partial charge on any atom is 0.0675 e. The maximum absolute atomic E-state index is 6.25. The number of hydrogen-bond acceptors (Lipinski definition) is 4. The minimum atomic E-state index is 0.566. The van der Waals surface area contributed by atoms with Crippen molar-refractivity contribution in [1.82, 2.24) is 4.90 Å². The van der Waals surface area contributed by atoms with Crippen LogP contribution in [0.25, 0.3) is 20.5 Å². The molecule has 7 heteroatoms. The molecule has 1 fully saturated rings. The minimum absolute atomic E-state index is 0.566. The number of nitrogens with zero attached hydrogens (tertiary/aromatic N) is 2. The van der Waals surface area contributed by atoms with Crippen molar-refractivity contribution in [1.29, 1.82) is 0 Å². The van der Waals surface area contributed by atoms with Crippen LogP contribution < -0.4 is 5.36 Å². The van der Waals surface area contributed by atoms with Crippen LogP contribution in [0.2, 0.25) is 10.0 Å². The average molecular weight is 512 g/mol. The van der Waals surface area contributed by atoms with Crippen LogP contribution in [0.15, 0.2) is 51.9 Å². The Hall–Kier alpha value is -0.950. The third kappa shape index (κ3) is 5.40. The van der Waals surface area contributed by atoms with Gasteiger partial charge in [-0.3, -0.25) is 9.89 Å². The second-order valence-electron chi connectivity index (χ2n) is 6.95. The van der Waals surface area contributed by atoms with Gasteiger partial charge >= 0.3 is 0 Å². The summed E-state index contributed by atoms with van der Waals surface area (Å²) in [6.45, 7) is 5.57. The standard InChI is InChI=1S/C22H21BrCl2N2OS/c23-16-3-5-21-17(13-16)20(26-6-1-7-27-8-10-28-11-9-27)14-22(29-21)15-2-4-18(24)19(25)12-15/h2-5,12-14H,1,6-11H2. The summed E-state index contributed by atoms with van der Waals surface area (Å²) in [5, 5.41) is 3.32. The molecule has 0 radical (unpaired) electrons. The molecule has 4 rings (SSSR count). The van der Waals surface area contributed by atoms with Crippen molar-refractivity contribution in [3.05, 3.63) is 62.3 Å². The molecule has 1 aromatic heterocycles. The van der Waals surface area contributed by atoms with Crippen molar-refractivity contribution in [2.75, 3.05) is 39.4 Å². The van der Waals surface area contributed by atoms with Gasteiger partial charge in [0.15, 0.2) is 0 Å². The van der Waals surface area contributed by atoms with Gasteiger partial charge in [0.1, 0.15) is 0 Å². The van der Waals surface area contributed by atoms with Crippen molar-refractivity contribution < 1.29 is 4.74 Å². The monoisotopic (exact) mass is 510 g/mol. The Balaban J connectivity index is 1.64. The molecule has 152 valence electrons. The Kier molecular flexibility index (Phi) is 7.27. The van der Waals surface area contributed by atoms with E-state index in [1.54, 1.807) is 11.3 Å². The van der Waals surface area contributed by atoms with Gasteiger partial charge in [-0.2, -0.15) is 0 Å². The van der Waals surface area contributed by atoms with E-state index in [-0.39, 0.29) is 0 Å². The van der Waals surface area contributed by atoms with Gasteiger partial charge in [-0.15, -0.1) is 11.3 Å². The van der Waals surface area contributed by atoms with Gasteiger partial charge in [-0.05, 0) is 48.4 Å². The fraction of sp³-hybridized carbons (Fsp3) is 0.318. The summed E-state index contributed by atoms with van der Waals surface area (Å²) >= 11 is 17.7. The summed E-state index contributed by atoms with van der Waals surface area (Å²) in [5.74, 6) is 0. The second kappa shape index (κ2) is 9.90. The molecule has 2 heterocycles. The fourth-order valence-electron chi connectivity index (χ4n) is 3.38. The first-order chi connectivity index (χ1) is 14.1. The Labute approximate surface area is 193 Å². The van der Waals surface area contributed by atoms with E-state index >= 15 is 0 Å². The van der Waals surface area contributed by atoms with Crippen molar-refractivity contribution in [3.8, 4) is 10.4 Å². The van der Waals surface area contributed by atoms with E-state index in [9.17, 15) is 0 Å². The first-order valence-corrected chi connectivity index (χ1v) is 12.0. The summed E-state index contributed by atoms with van der Waals surface area (Å²) in [6, 6.07) is 14.3. The van der Waals surface area contributed by atoms with E-state index in [0.29, 0.717) is 10.0 Å². The number of halogens is 3. The molecule has 1 aliphatic rings. The van der Waals surface area contributed by atoms with Crippen LogP contribution in [0, 0.1) is 0 Å². The van der Waals surface area contributed by atoms with Crippen molar-refractivity contribution in [2.24, 2.45) is 4.99 Å². The maximum atomic E-state index is 6.25. The largest absolute Gasteiger partial charge is 0.379 e. The third-order valence-corrected chi connectivity index (χ3v) is 7.31. The van der Waals surface area contributed by atoms with Gasteiger partial charge in [0.2, 0.25) is 0 Å². The lowest BCUT2D eigenvalue weighted by Gasteiger charge is -2.26. The first-order valence-electron chi connectivity index (χ1n) is 9.59. The summed E-state index contributed by atoms with van der Waals surface area (Å²) in [4.78, 5) is 8.53. The van der Waals surface area contributed by atoms with Crippen LogP contribution in [0.3, 0.4) is 0 Å². The third-order valence-electron chi connectivity index (χ3n) is 4.93. The van der Waals surface area contributed by atoms with Crippen LogP contribution in [0.5, 0.6) is 0 Å². The van der Waals surface area contributed by atoms with Gasteiger partial charge in [-0.1, -0.05) is 45.2 Å². The highest BCUT2D eigenvalue weighted by atomic mass is 79.9. The van der Waals surface area contributed by atoms with Crippen LogP contribution in [0.4, 0.5) is 0 Å². The lowest BCUT2D eigenvalue weighted by Crippen LogP contribution is -2.37. The molecular weight excluding hydrogens is 491 g/mol. The van der Waals surface area contributed by atoms with E-state index in [4.69, 9.17) is 32.9 Å². The highest BCUT2D eigenvalue weighted by Crippen LogP contribution is 2.33. The van der Waals surface area contributed by atoms with Crippen molar-refractivity contribution >= 4 is 60.6 Å². The van der Waals surface area contributed by atoms with Crippen LogP contribution in [-0.4, -0.2) is 44.3 Å². The smallest absolute Gasteiger partial charge is 0.0675 e. The number of rotatable bonds is 5. The molecule has 29 heavy (non-hydrogen) atoms.